The minimum absolute atomic E-state index is 0.0320. The molecular formula is C12H13F2NO3. The molecule has 1 aromatic carbocycles. The Hall–Kier alpha value is -1.69. The Balaban J connectivity index is 2.39. The first-order valence-electron chi connectivity index (χ1n) is 5.63. The zero-order chi connectivity index (χ0) is 13.3. The molecular weight excluding hydrogens is 244 g/mol. The number of halogens is 2. The minimum atomic E-state index is -1.14. The Morgan fingerprint density at radius 1 is 1.39 bits per heavy atom. The van der Waals surface area contributed by atoms with Crippen molar-refractivity contribution in [3.8, 4) is 0 Å². The predicted molar refractivity (Wildman–Crippen MR) is 59.0 cm³/mol. The van der Waals surface area contributed by atoms with E-state index in [1.54, 1.807) is 0 Å². The molecule has 2 rings (SSSR count). The van der Waals surface area contributed by atoms with E-state index in [9.17, 15) is 13.6 Å². The number of likely N-dealkylation sites (tertiary alicyclic amines) is 1. The summed E-state index contributed by atoms with van der Waals surface area (Å²) in [6, 6.07) is 1.98. The number of hydrogen-bond acceptors (Lipinski definition) is 2. The van der Waals surface area contributed by atoms with Crippen LogP contribution in [0.2, 0.25) is 0 Å². The van der Waals surface area contributed by atoms with Crippen molar-refractivity contribution in [3.05, 3.63) is 34.9 Å². The lowest BCUT2D eigenvalue weighted by Gasteiger charge is -2.22. The first-order chi connectivity index (χ1) is 8.56. The molecule has 0 spiro atoms. The maximum Gasteiger partial charge on any atom is 0.407 e. The van der Waals surface area contributed by atoms with Gasteiger partial charge in [-0.05, 0) is 12.8 Å². The molecule has 2 N–H and O–H groups in total. The molecule has 0 bridgehead atoms. The molecule has 0 saturated carbocycles. The van der Waals surface area contributed by atoms with Crippen LogP contribution in [0.15, 0.2) is 12.1 Å². The molecule has 4 nitrogen and oxygen atoms in total. The van der Waals surface area contributed by atoms with Gasteiger partial charge in [0.25, 0.3) is 0 Å². The highest BCUT2D eigenvalue weighted by Gasteiger charge is 2.32. The minimum Gasteiger partial charge on any atom is -0.465 e. The van der Waals surface area contributed by atoms with Crippen molar-refractivity contribution < 1.29 is 23.8 Å². The molecule has 0 radical (unpaired) electrons. The van der Waals surface area contributed by atoms with Crippen molar-refractivity contribution in [2.75, 3.05) is 6.54 Å². The van der Waals surface area contributed by atoms with Gasteiger partial charge in [0.05, 0.1) is 12.6 Å². The van der Waals surface area contributed by atoms with E-state index < -0.39 is 30.4 Å². The summed E-state index contributed by atoms with van der Waals surface area (Å²) >= 11 is 0. The molecule has 0 aromatic heterocycles. The normalized spacial score (nSPS) is 19.3. The Bertz CT molecular complexity index is 479. The maximum atomic E-state index is 13.8. The summed E-state index contributed by atoms with van der Waals surface area (Å²) in [5.74, 6) is -2.17. The molecule has 18 heavy (non-hydrogen) atoms. The zero-order valence-electron chi connectivity index (χ0n) is 9.57. The van der Waals surface area contributed by atoms with Crippen LogP contribution >= 0.6 is 0 Å². The van der Waals surface area contributed by atoms with Crippen molar-refractivity contribution in [1.82, 2.24) is 4.90 Å². The molecule has 0 aliphatic carbocycles. The summed E-state index contributed by atoms with van der Waals surface area (Å²) in [5.41, 5.74) is -0.0966. The van der Waals surface area contributed by atoms with Gasteiger partial charge in [0, 0.05) is 17.7 Å². The molecule has 1 heterocycles. The third-order valence-corrected chi connectivity index (χ3v) is 3.22. The fraction of sp³-hybridized carbons (Fsp3) is 0.417. The molecule has 1 aliphatic heterocycles. The van der Waals surface area contributed by atoms with Gasteiger partial charge >= 0.3 is 6.09 Å². The Labute approximate surface area is 102 Å². The number of hydrogen-bond donors (Lipinski definition) is 2. The lowest BCUT2D eigenvalue weighted by atomic mass is 10.0. The molecule has 1 atom stereocenters. The number of benzene rings is 1. The van der Waals surface area contributed by atoms with Crippen LogP contribution in [-0.2, 0) is 6.61 Å². The number of amides is 1. The third-order valence-electron chi connectivity index (χ3n) is 3.22. The fourth-order valence-electron chi connectivity index (χ4n) is 2.30. The first kappa shape index (κ1) is 12.8. The summed E-state index contributed by atoms with van der Waals surface area (Å²) in [7, 11) is 0. The second-order valence-corrected chi connectivity index (χ2v) is 4.23. The number of nitrogens with zero attached hydrogens (tertiary/aromatic N) is 1. The number of aliphatic hydroxyl groups excluding tert-OH is 1. The fourth-order valence-corrected chi connectivity index (χ4v) is 2.30. The summed E-state index contributed by atoms with van der Waals surface area (Å²) in [6.07, 6.45) is -0.0375. The first-order valence-corrected chi connectivity index (χ1v) is 5.63. The van der Waals surface area contributed by atoms with E-state index >= 15 is 0 Å². The number of rotatable bonds is 2. The topological polar surface area (TPSA) is 60.8 Å². The highest BCUT2D eigenvalue weighted by atomic mass is 19.2. The zero-order valence-corrected chi connectivity index (χ0v) is 9.57. The Morgan fingerprint density at radius 2 is 2.11 bits per heavy atom. The van der Waals surface area contributed by atoms with E-state index in [1.165, 1.54) is 12.1 Å². The van der Waals surface area contributed by atoms with Crippen LogP contribution < -0.4 is 0 Å². The van der Waals surface area contributed by atoms with Crippen LogP contribution in [0.25, 0.3) is 0 Å². The highest BCUT2D eigenvalue weighted by molar-refractivity contribution is 5.66. The van der Waals surface area contributed by atoms with Gasteiger partial charge in [-0.2, -0.15) is 0 Å². The average molecular weight is 257 g/mol. The van der Waals surface area contributed by atoms with E-state index in [0.29, 0.717) is 19.4 Å². The van der Waals surface area contributed by atoms with Crippen LogP contribution in [0.4, 0.5) is 13.6 Å². The molecule has 1 fully saturated rings. The van der Waals surface area contributed by atoms with Crippen molar-refractivity contribution in [2.45, 2.75) is 25.5 Å². The van der Waals surface area contributed by atoms with Crippen molar-refractivity contribution in [1.29, 1.82) is 0 Å². The van der Waals surface area contributed by atoms with Gasteiger partial charge in [-0.15, -0.1) is 0 Å². The van der Waals surface area contributed by atoms with Gasteiger partial charge in [-0.1, -0.05) is 12.1 Å². The SMILES string of the molecule is O=C(O)N1CCCC1c1ccc(CO)c(F)c1F. The second kappa shape index (κ2) is 4.89. The van der Waals surface area contributed by atoms with Gasteiger partial charge < -0.3 is 15.1 Å². The van der Waals surface area contributed by atoms with E-state index in [-0.39, 0.29) is 11.1 Å². The standard InChI is InChI=1S/C12H13F2NO3/c13-10-7(6-16)3-4-8(11(10)14)9-2-1-5-15(9)12(17)18/h3-4,9,16H,1-2,5-6H2,(H,17,18). The van der Waals surface area contributed by atoms with Crippen molar-refractivity contribution >= 4 is 6.09 Å². The van der Waals surface area contributed by atoms with Gasteiger partial charge in [0.15, 0.2) is 11.6 Å². The van der Waals surface area contributed by atoms with Crippen molar-refractivity contribution in [3.63, 3.8) is 0 Å². The van der Waals surface area contributed by atoms with Gasteiger partial charge in [-0.3, -0.25) is 0 Å². The van der Waals surface area contributed by atoms with Crippen LogP contribution in [0, 0.1) is 11.6 Å². The van der Waals surface area contributed by atoms with Crippen LogP contribution in [0.1, 0.15) is 30.0 Å². The largest absolute Gasteiger partial charge is 0.465 e. The number of carboxylic acid groups (broad SMARTS) is 1. The third kappa shape index (κ3) is 2.03. The van der Waals surface area contributed by atoms with Crippen LogP contribution in [0.5, 0.6) is 0 Å². The quantitative estimate of drug-likeness (QED) is 0.854. The molecule has 98 valence electrons. The van der Waals surface area contributed by atoms with Crippen LogP contribution in [-0.4, -0.2) is 27.8 Å². The molecule has 1 unspecified atom stereocenters. The number of aliphatic hydroxyl groups is 1. The average Bonchev–Trinajstić information content (AvgIpc) is 2.81. The molecule has 1 amide bonds. The predicted octanol–water partition coefficient (Wildman–Crippen LogP) is 2.27. The van der Waals surface area contributed by atoms with E-state index in [0.717, 1.165) is 4.90 Å². The van der Waals surface area contributed by atoms with Crippen molar-refractivity contribution in [2.24, 2.45) is 0 Å². The van der Waals surface area contributed by atoms with E-state index in [1.807, 2.05) is 0 Å². The smallest absolute Gasteiger partial charge is 0.407 e. The van der Waals surface area contributed by atoms with Gasteiger partial charge in [-0.25, -0.2) is 13.6 Å². The summed E-state index contributed by atoms with van der Waals surface area (Å²) in [5, 5.41) is 17.8. The number of carbonyl (C=O) groups is 1. The summed E-state index contributed by atoms with van der Waals surface area (Å²) in [6.45, 7) is -0.265. The van der Waals surface area contributed by atoms with E-state index in [4.69, 9.17) is 10.2 Å². The Morgan fingerprint density at radius 3 is 2.72 bits per heavy atom. The van der Waals surface area contributed by atoms with Gasteiger partial charge in [0.1, 0.15) is 0 Å². The molecule has 1 saturated heterocycles. The highest BCUT2D eigenvalue weighted by Crippen LogP contribution is 2.34. The Kier molecular flexibility index (Phi) is 3.47. The molecule has 1 aliphatic rings. The molecule has 1 aromatic rings. The monoisotopic (exact) mass is 257 g/mol. The maximum absolute atomic E-state index is 13.8. The van der Waals surface area contributed by atoms with E-state index in [2.05, 4.69) is 0 Å². The summed E-state index contributed by atoms with van der Waals surface area (Å²) < 4.78 is 27.4. The van der Waals surface area contributed by atoms with Crippen LogP contribution in [0.3, 0.4) is 0 Å². The summed E-state index contributed by atoms with van der Waals surface area (Å²) in [4.78, 5) is 12.1. The van der Waals surface area contributed by atoms with Gasteiger partial charge in [0.2, 0.25) is 0 Å². The lowest BCUT2D eigenvalue weighted by Crippen LogP contribution is -2.29. The lowest BCUT2D eigenvalue weighted by molar-refractivity contribution is 0.139. The second-order valence-electron chi connectivity index (χ2n) is 4.23. The molecule has 6 heteroatoms.